The summed E-state index contributed by atoms with van der Waals surface area (Å²) in [4.78, 5) is 5.04. The van der Waals surface area contributed by atoms with Crippen molar-refractivity contribution in [2.24, 2.45) is 0 Å². The third kappa shape index (κ3) is 7.90. The number of para-hydroxylation sites is 2. The number of hydrogen-bond acceptors (Lipinski definition) is 2. The zero-order chi connectivity index (χ0) is 53.3. The summed E-state index contributed by atoms with van der Waals surface area (Å²) in [5, 5.41) is 0. The molecule has 0 bridgehead atoms. The molecule has 11 aromatic rings. The van der Waals surface area contributed by atoms with Crippen molar-refractivity contribution in [1.82, 2.24) is 0 Å². The van der Waals surface area contributed by atoms with E-state index in [0.717, 1.165) is 123 Å². The van der Waals surface area contributed by atoms with Gasteiger partial charge in [0.15, 0.2) is 0 Å². The van der Waals surface area contributed by atoms with Gasteiger partial charge in [-0.05, 0) is 121 Å². The van der Waals surface area contributed by atoms with Crippen LogP contribution in [-0.4, -0.2) is 6.71 Å². The van der Waals surface area contributed by atoms with E-state index in [2.05, 4.69) is 256 Å². The van der Waals surface area contributed by atoms with Crippen molar-refractivity contribution >= 4 is 57.2 Å². The molecule has 0 aromatic heterocycles. The summed E-state index contributed by atoms with van der Waals surface area (Å²) in [6.07, 6.45) is 0. The fourth-order valence-electron chi connectivity index (χ4n) is 11.9. The maximum Gasteiger partial charge on any atom is 0.252 e. The van der Waals surface area contributed by atoms with E-state index in [1.54, 1.807) is 0 Å². The molecule has 0 N–H and O–H groups in total. The van der Waals surface area contributed by atoms with Gasteiger partial charge in [-0.15, -0.1) is 0 Å². The molecule has 0 saturated heterocycles. The van der Waals surface area contributed by atoms with Gasteiger partial charge in [0.1, 0.15) is 0 Å². The van der Waals surface area contributed by atoms with Crippen molar-refractivity contribution in [1.29, 1.82) is 0 Å². The van der Waals surface area contributed by atoms with Gasteiger partial charge < -0.3 is 9.80 Å². The number of rotatable bonds is 8. The average molecular weight is 964 g/mol. The van der Waals surface area contributed by atoms with Gasteiger partial charge in [-0.25, -0.2) is 0 Å². The van der Waals surface area contributed by atoms with Gasteiger partial charge in [-0.1, -0.05) is 251 Å². The number of nitrogens with zero attached hydrogens (tertiary/aromatic N) is 2. The van der Waals surface area contributed by atoms with E-state index in [1.807, 2.05) is 36.4 Å². The highest BCUT2D eigenvalue weighted by Gasteiger charge is 2.46. The molecule has 2 nitrogen and oxygen atoms in total. The van der Waals surface area contributed by atoms with Gasteiger partial charge in [0.05, 0.1) is 11.4 Å². The van der Waals surface area contributed by atoms with Crippen LogP contribution in [0.4, 0.5) is 34.1 Å². The Morgan fingerprint density at radius 2 is 0.640 bits per heavy atom. The largest absolute Gasteiger partial charge is 0.310 e. The average Bonchev–Trinajstić information content (AvgIpc) is 2.79. The van der Waals surface area contributed by atoms with E-state index >= 15 is 0 Å². The number of hydrogen-bond donors (Lipinski definition) is 0. The number of benzene rings is 11. The van der Waals surface area contributed by atoms with Crippen LogP contribution in [0.25, 0.3) is 66.8 Å². The minimum atomic E-state index is -2.46. The van der Waals surface area contributed by atoms with Crippen LogP contribution in [0.1, 0.15) is 41.6 Å². The Labute approximate surface area is 447 Å². The maximum absolute atomic E-state index is 9.38. The summed E-state index contributed by atoms with van der Waals surface area (Å²) in [6, 6.07) is 91.1. The third-order valence-electron chi connectivity index (χ3n) is 15.4. The first-order valence-electron chi connectivity index (χ1n) is 27.6. The summed E-state index contributed by atoms with van der Waals surface area (Å²) in [5.74, 6) is 0. The Balaban J connectivity index is 1.25. The molecule has 0 spiro atoms. The van der Waals surface area contributed by atoms with E-state index in [0.29, 0.717) is 11.1 Å². The third-order valence-corrected chi connectivity index (χ3v) is 15.4. The quantitative estimate of drug-likeness (QED) is 0.140. The van der Waals surface area contributed by atoms with Crippen molar-refractivity contribution in [3.8, 4) is 66.8 Å². The summed E-state index contributed by atoms with van der Waals surface area (Å²) in [6.45, 7) is 6.35. The maximum atomic E-state index is 9.38. The van der Waals surface area contributed by atoms with Crippen molar-refractivity contribution in [2.75, 3.05) is 9.80 Å². The molecule has 0 atom stereocenters. The summed E-state index contributed by atoms with van der Waals surface area (Å²) >= 11 is 0. The number of aryl methyl sites for hydroxylation is 2. The van der Waals surface area contributed by atoms with E-state index in [1.165, 1.54) is 0 Å². The Morgan fingerprint density at radius 3 is 0.960 bits per heavy atom. The first-order chi connectivity index (χ1) is 37.9. The highest BCUT2D eigenvalue weighted by molar-refractivity contribution is 7.00. The lowest BCUT2D eigenvalue weighted by Gasteiger charge is -2.47. The molecule has 358 valence electrons. The molecule has 0 saturated carbocycles. The van der Waals surface area contributed by atoms with Crippen molar-refractivity contribution < 1.29 is 4.11 Å². The molecule has 13 rings (SSSR count). The van der Waals surface area contributed by atoms with Crippen LogP contribution in [0.3, 0.4) is 0 Å². The van der Waals surface area contributed by atoms with E-state index in [-0.39, 0.29) is 12.1 Å². The van der Waals surface area contributed by atoms with Crippen molar-refractivity contribution in [3.05, 3.63) is 271 Å². The van der Waals surface area contributed by atoms with Crippen molar-refractivity contribution in [2.45, 2.75) is 40.0 Å². The van der Waals surface area contributed by atoms with Crippen molar-refractivity contribution in [3.63, 3.8) is 0 Å². The first-order valence-corrected chi connectivity index (χ1v) is 26.1. The Kier molecular flexibility index (Phi) is 10.5. The monoisotopic (exact) mass is 963 g/mol. The molecular weight excluding hydrogens is 904 g/mol. The minimum absolute atomic E-state index is 0.308. The highest BCUT2D eigenvalue weighted by Crippen LogP contribution is 2.54. The second-order valence-electron chi connectivity index (χ2n) is 21.1. The molecule has 0 aliphatic carbocycles. The SMILES string of the molecule is [2H]C([2H])([2H])c1cc2c(cc1-c1ccccc1)B1c3cc(-c4ccccc4)c(C)cc3N(c3c(-c4ccccc4)cccc3-c3ccccc3)c3cc(C(C)(C)C)cc(c31)N2c1c(-c2ccccc2)cccc1-c1ccccc1. The second kappa shape index (κ2) is 18.5. The van der Waals surface area contributed by atoms with Gasteiger partial charge in [0.25, 0.3) is 6.71 Å². The topological polar surface area (TPSA) is 6.48 Å². The molecule has 0 unspecified atom stereocenters. The highest BCUT2D eigenvalue weighted by atomic mass is 15.2. The Bertz CT molecular complexity index is 3930. The normalized spacial score (nSPS) is 13.3. The lowest BCUT2D eigenvalue weighted by atomic mass is 9.33. The van der Waals surface area contributed by atoms with Crippen LogP contribution in [-0.2, 0) is 5.41 Å². The van der Waals surface area contributed by atoms with Crippen LogP contribution in [0.5, 0.6) is 0 Å². The van der Waals surface area contributed by atoms with Gasteiger partial charge >= 0.3 is 0 Å². The second-order valence-corrected chi connectivity index (χ2v) is 21.1. The minimum Gasteiger partial charge on any atom is -0.310 e. The van der Waals surface area contributed by atoms with Crippen LogP contribution in [0, 0.1) is 13.8 Å². The zero-order valence-corrected chi connectivity index (χ0v) is 42.7. The molecule has 3 heteroatoms. The zero-order valence-electron chi connectivity index (χ0n) is 45.7. The van der Waals surface area contributed by atoms with Crippen LogP contribution in [0.15, 0.2) is 255 Å². The van der Waals surface area contributed by atoms with E-state index in [9.17, 15) is 4.11 Å². The smallest absolute Gasteiger partial charge is 0.252 e. The Hall–Kier alpha value is -8.92. The summed E-state index contributed by atoms with van der Waals surface area (Å²) in [5.41, 5.74) is 24.2. The van der Waals surface area contributed by atoms with Gasteiger partial charge in [-0.3, -0.25) is 0 Å². The summed E-state index contributed by atoms with van der Waals surface area (Å²) in [7, 11) is 0. The van der Waals surface area contributed by atoms with E-state index < -0.39 is 6.85 Å². The predicted octanol–water partition coefficient (Wildman–Crippen LogP) is 17.7. The predicted molar refractivity (Wildman–Crippen MR) is 321 cm³/mol. The Morgan fingerprint density at radius 1 is 0.333 bits per heavy atom. The van der Waals surface area contributed by atoms with Gasteiger partial charge in [0.2, 0.25) is 0 Å². The molecule has 2 aliphatic heterocycles. The van der Waals surface area contributed by atoms with Gasteiger partial charge in [-0.2, -0.15) is 0 Å². The fourth-order valence-corrected chi connectivity index (χ4v) is 11.9. The fraction of sp³-hybridized carbons (Fsp3) is 0.0833. The molecule has 11 aromatic carbocycles. The van der Waals surface area contributed by atoms with E-state index in [4.69, 9.17) is 0 Å². The molecule has 0 fully saturated rings. The molecule has 0 radical (unpaired) electrons. The van der Waals surface area contributed by atoms with Crippen LogP contribution in [0.2, 0.25) is 0 Å². The number of anilines is 6. The van der Waals surface area contributed by atoms with Gasteiger partial charge in [0, 0.05) is 49.1 Å². The molecule has 0 amide bonds. The number of fused-ring (bicyclic) bond motifs is 4. The van der Waals surface area contributed by atoms with Crippen LogP contribution >= 0.6 is 0 Å². The lowest BCUT2D eigenvalue weighted by molar-refractivity contribution is 0.590. The molecule has 2 aliphatic rings. The summed E-state index contributed by atoms with van der Waals surface area (Å²) < 4.78 is 28.1. The first kappa shape index (κ1) is 42.6. The molecular formula is C72H57BN2. The molecule has 75 heavy (non-hydrogen) atoms. The van der Waals surface area contributed by atoms with Crippen LogP contribution < -0.4 is 26.2 Å². The lowest BCUT2D eigenvalue weighted by Crippen LogP contribution is -2.61. The molecule has 2 heterocycles. The standard InChI is InChI=1S/C72H57BN2/c1-48-42-65-63(46-61(48)54-34-20-10-21-35-54)73-64-47-62(55-36-22-11-23-37-55)49(2)43-66(64)75(71-59(52-30-16-8-17-31-52)40-25-41-60(71)53-32-18-9-19-33-53)68-45-56(72(3,4)5)44-67(69(68)73)74(65)70-57(50-26-12-6-13-27-50)38-24-39-58(70)51-28-14-7-15-29-51/h6-47H,1-5H3/i1D3.